The SMILES string of the molecule is FCC[C@@H](c1cccc(I)c1)N1CCNCC1. The third-order valence-electron chi connectivity index (χ3n) is 3.21. The molecule has 94 valence electrons. The van der Waals surface area contributed by atoms with Crippen LogP contribution < -0.4 is 5.32 Å². The second-order valence-electron chi connectivity index (χ2n) is 4.33. The molecule has 1 heterocycles. The predicted octanol–water partition coefficient (Wildman–Crippen LogP) is 2.60. The Bertz CT molecular complexity index is 353. The minimum atomic E-state index is -0.250. The van der Waals surface area contributed by atoms with Gasteiger partial charge in [-0.15, -0.1) is 0 Å². The molecule has 1 N–H and O–H groups in total. The van der Waals surface area contributed by atoms with E-state index in [0.717, 1.165) is 26.2 Å². The molecule has 1 fully saturated rings. The van der Waals surface area contributed by atoms with Crippen molar-refractivity contribution >= 4 is 22.6 Å². The Hall–Kier alpha value is -0.200. The van der Waals surface area contributed by atoms with Crippen molar-refractivity contribution < 1.29 is 4.39 Å². The van der Waals surface area contributed by atoms with Crippen LogP contribution in [0.4, 0.5) is 4.39 Å². The van der Waals surface area contributed by atoms with Crippen LogP contribution >= 0.6 is 22.6 Å². The molecule has 2 nitrogen and oxygen atoms in total. The second-order valence-corrected chi connectivity index (χ2v) is 5.58. The first kappa shape index (κ1) is 13.2. The highest BCUT2D eigenvalue weighted by Crippen LogP contribution is 2.26. The Kier molecular flexibility index (Phi) is 5.18. The molecule has 2 rings (SSSR count). The van der Waals surface area contributed by atoms with Crippen molar-refractivity contribution in [2.75, 3.05) is 32.9 Å². The quantitative estimate of drug-likeness (QED) is 0.842. The lowest BCUT2D eigenvalue weighted by Gasteiger charge is -2.35. The molecule has 0 aliphatic carbocycles. The van der Waals surface area contributed by atoms with Gasteiger partial charge in [0.1, 0.15) is 0 Å². The fourth-order valence-corrected chi connectivity index (χ4v) is 2.94. The van der Waals surface area contributed by atoms with Crippen LogP contribution in [-0.2, 0) is 0 Å². The van der Waals surface area contributed by atoms with Gasteiger partial charge in [-0.2, -0.15) is 0 Å². The number of benzene rings is 1. The minimum Gasteiger partial charge on any atom is -0.314 e. The lowest BCUT2D eigenvalue weighted by atomic mass is 10.0. The molecule has 4 heteroatoms. The summed E-state index contributed by atoms with van der Waals surface area (Å²) in [5.74, 6) is 0. The second kappa shape index (κ2) is 6.66. The normalized spacial score (nSPS) is 19.2. The van der Waals surface area contributed by atoms with Crippen molar-refractivity contribution in [3.05, 3.63) is 33.4 Å². The van der Waals surface area contributed by atoms with Gasteiger partial charge >= 0.3 is 0 Å². The van der Waals surface area contributed by atoms with Crippen molar-refractivity contribution in [1.29, 1.82) is 0 Å². The van der Waals surface area contributed by atoms with E-state index in [4.69, 9.17) is 0 Å². The van der Waals surface area contributed by atoms with Crippen molar-refractivity contribution in [1.82, 2.24) is 10.2 Å². The molecule has 1 aromatic rings. The summed E-state index contributed by atoms with van der Waals surface area (Å²) in [7, 11) is 0. The van der Waals surface area contributed by atoms with E-state index in [2.05, 4.69) is 57.1 Å². The number of rotatable bonds is 4. The van der Waals surface area contributed by atoms with Crippen LogP contribution in [0, 0.1) is 3.57 Å². The third-order valence-corrected chi connectivity index (χ3v) is 3.88. The highest BCUT2D eigenvalue weighted by Gasteiger charge is 2.21. The van der Waals surface area contributed by atoms with Gasteiger partial charge in [0.2, 0.25) is 0 Å². The number of piperazine rings is 1. The van der Waals surface area contributed by atoms with E-state index < -0.39 is 0 Å². The number of hydrogen-bond acceptors (Lipinski definition) is 2. The first-order chi connectivity index (χ1) is 8.31. The highest BCUT2D eigenvalue weighted by atomic mass is 127. The molecule has 1 saturated heterocycles. The maximum absolute atomic E-state index is 12.7. The maximum Gasteiger partial charge on any atom is 0.0912 e. The summed E-state index contributed by atoms with van der Waals surface area (Å²) in [5, 5.41) is 3.34. The van der Waals surface area contributed by atoms with Crippen LogP contribution in [0.3, 0.4) is 0 Å². The van der Waals surface area contributed by atoms with Crippen LogP contribution in [-0.4, -0.2) is 37.8 Å². The summed E-state index contributed by atoms with van der Waals surface area (Å²) in [5.41, 5.74) is 1.25. The first-order valence-corrected chi connectivity index (χ1v) is 7.15. The topological polar surface area (TPSA) is 15.3 Å². The van der Waals surface area contributed by atoms with Gasteiger partial charge in [-0.3, -0.25) is 9.29 Å². The van der Waals surface area contributed by atoms with E-state index in [-0.39, 0.29) is 12.7 Å². The van der Waals surface area contributed by atoms with E-state index in [9.17, 15) is 4.39 Å². The molecule has 0 aromatic heterocycles. The fourth-order valence-electron chi connectivity index (χ4n) is 2.37. The molecule has 0 unspecified atom stereocenters. The molecule has 1 aromatic carbocycles. The maximum atomic E-state index is 12.7. The average Bonchev–Trinajstić information content (AvgIpc) is 2.37. The Morgan fingerprint density at radius 2 is 2.12 bits per heavy atom. The Labute approximate surface area is 116 Å². The summed E-state index contributed by atoms with van der Waals surface area (Å²) in [6.07, 6.45) is 0.597. The Morgan fingerprint density at radius 1 is 1.35 bits per heavy atom. The summed E-state index contributed by atoms with van der Waals surface area (Å²) in [6, 6.07) is 8.66. The van der Waals surface area contributed by atoms with Crippen LogP contribution in [0.1, 0.15) is 18.0 Å². The van der Waals surface area contributed by atoms with Gasteiger partial charge in [0, 0.05) is 35.8 Å². The first-order valence-electron chi connectivity index (χ1n) is 6.07. The summed E-state index contributed by atoms with van der Waals surface area (Å²) >= 11 is 2.31. The molecule has 0 amide bonds. The van der Waals surface area contributed by atoms with Crippen LogP contribution in [0.25, 0.3) is 0 Å². The van der Waals surface area contributed by atoms with Crippen molar-refractivity contribution in [3.63, 3.8) is 0 Å². The largest absolute Gasteiger partial charge is 0.314 e. The molecule has 17 heavy (non-hydrogen) atoms. The number of nitrogens with one attached hydrogen (secondary N) is 1. The van der Waals surface area contributed by atoms with E-state index in [1.165, 1.54) is 9.13 Å². The zero-order valence-electron chi connectivity index (χ0n) is 9.83. The number of halogens is 2. The van der Waals surface area contributed by atoms with Gasteiger partial charge in [0.05, 0.1) is 6.67 Å². The predicted molar refractivity (Wildman–Crippen MR) is 76.9 cm³/mol. The molecular weight excluding hydrogens is 330 g/mol. The smallest absolute Gasteiger partial charge is 0.0912 e. The van der Waals surface area contributed by atoms with Crippen molar-refractivity contribution in [2.45, 2.75) is 12.5 Å². The lowest BCUT2D eigenvalue weighted by Crippen LogP contribution is -2.45. The summed E-state index contributed by atoms with van der Waals surface area (Å²) in [4.78, 5) is 2.39. The Morgan fingerprint density at radius 3 is 2.76 bits per heavy atom. The zero-order valence-corrected chi connectivity index (χ0v) is 12.0. The van der Waals surface area contributed by atoms with Crippen LogP contribution in [0.5, 0.6) is 0 Å². The molecule has 0 saturated carbocycles. The molecule has 1 aliphatic heterocycles. The highest BCUT2D eigenvalue weighted by molar-refractivity contribution is 14.1. The minimum absolute atomic E-state index is 0.233. The molecule has 0 bridgehead atoms. The van der Waals surface area contributed by atoms with Crippen molar-refractivity contribution in [3.8, 4) is 0 Å². The monoisotopic (exact) mass is 348 g/mol. The van der Waals surface area contributed by atoms with E-state index >= 15 is 0 Å². The number of nitrogens with zero attached hydrogens (tertiary/aromatic N) is 1. The van der Waals surface area contributed by atoms with Gasteiger partial charge in [-0.25, -0.2) is 0 Å². The van der Waals surface area contributed by atoms with Gasteiger partial charge in [0.25, 0.3) is 0 Å². The van der Waals surface area contributed by atoms with Crippen LogP contribution in [0.2, 0.25) is 0 Å². The van der Waals surface area contributed by atoms with Crippen molar-refractivity contribution in [2.24, 2.45) is 0 Å². The molecule has 1 atom stereocenters. The third kappa shape index (κ3) is 3.63. The van der Waals surface area contributed by atoms with E-state index in [0.29, 0.717) is 6.42 Å². The summed E-state index contributed by atoms with van der Waals surface area (Å²) < 4.78 is 14.0. The van der Waals surface area contributed by atoms with Gasteiger partial charge < -0.3 is 5.32 Å². The van der Waals surface area contributed by atoms with E-state index in [1.807, 2.05) is 0 Å². The van der Waals surface area contributed by atoms with E-state index in [1.54, 1.807) is 0 Å². The average molecular weight is 348 g/mol. The molecule has 1 aliphatic rings. The number of alkyl halides is 1. The summed E-state index contributed by atoms with van der Waals surface area (Å²) in [6.45, 7) is 3.78. The van der Waals surface area contributed by atoms with Crippen LogP contribution in [0.15, 0.2) is 24.3 Å². The fraction of sp³-hybridized carbons (Fsp3) is 0.538. The Balaban J connectivity index is 2.15. The standard InChI is InChI=1S/C13H18FIN2/c14-5-4-13(17-8-6-16-7-9-17)11-2-1-3-12(15)10-11/h1-3,10,13,16H,4-9H2/t13-/m0/s1. The lowest BCUT2D eigenvalue weighted by molar-refractivity contribution is 0.157. The number of hydrogen-bond donors (Lipinski definition) is 1. The van der Waals surface area contributed by atoms with Gasteiger partial charge in [-0.05, 0) is 46.7 Å². The molecular formula is C13H18FIN2. The van der Waals surface area contributed by atoms with Gasteiger partial charge in [-0.1, -0.05) is 12.1 Å². The van der Waals surface area contributed by atoms with Gasteiger partial charge in [0.15, 0.2) is 0 Å². The zero-order chi connectivity index (χ0) is 12.1. The molecule has 0 radical (unpaired) electrons. The molecule has 0 spiro atoms.